The van der Waals surface area contributed by atoms with Gasteiger partial charge in [0.15, 0.2) is 5.78 Å². The molecule has 0 bridgehead atoms. The third kappa shape index (κ3) is 5.43. The molecular weight excluding hydrogens is 453 g/mol. The van der Waals surface area contributed by atoms with Crippen LogP contribution < -0.4 is 0 Å². The van der Waals surface area contributed by atoms with Crippen LogP contribution in [0.25, 0.3) is 0 Å². The van der Waals surface area contributed by atoms with Crippen LogP contribution in [0.4, 0.5) is 30.7 Å². The molecule has 0 fully saturated rings. The number of Topliss-reactive ketones (excluding diaryl/α,β-unsaturated/α-hetero) is 1. The van der Waals surface area contributed by atoms with Crippen molar-refractivity contribution in [2.45, 2.75) is 37.1 Å². The zero-order chi connectivity index (χ0) is 23.1. The van der Waals surface area contributed by atoms with Crippen molar-refractivity contribution >= 4 is 26.2 Å². The molecule has 1 aromatic carbocycles. The molecule has 0 radical (unpaired) electrons. The zero-order valence-electron chi connectivity index (χ0n) is 15.7. The van der Waals surface area contributed by atoms with Crippen LogP contribution in [0.5, 0.6) is 0 Å². The molecule has 4 nitrogen and oxygen atoms in total. The molecule has 0 N–H and O–H groups in total. The lowest BCUT2D eigenvalue weighted by Crippen LogP contribution is -2.56. The van der Waals surface area contributed by atoms with Gasteiger partial charge in [0.25, 0.3) is 0 Å². The van der Waals surface area contributed by atoms with Crippen molar-refractivity contribution in [2.75, 3.05) is 18.3 Å². The molecule has 29 heavy (non-hydrogen) atoms. The Bertz CT molecular complexity index is 845. The SMILES string of the molecule is CC(C)c1ccc(C(=O)CS(C)(C)OS(=O)(=O)C(F)(F)C(F)(F)C(F)(F)F)cc1. The largest absolute Gasteiger partial charge is 0.461 e. The van der Waals surface area contributed by atoms with Crippen LogP contribution >= 0.6 is 10.3 Å². The third-order valence-corrected chi connectivity index (χ3v) is 7.72. The molecular formula is C16H19F7O4S2. The van der Waals surface area contributed by atoms with Crippen LogP contribution in [0.3, 0.4) is 0 Å². The number of halogens is 7. The normalized spacial score (nSPS) is 14.9. The number of benzene rings is 1. The maximum Gasteiger partial charge on any atom is 0.461 e. The summed E-state index contributed by atoms with van der Waals surface area (Å²) >= 11 is 0. The van der Waals surface area contributed by atoms with E-state index in [0.29, 0.717) is 0 Å². The highest BCUT2D eigenvalue weighted by molar-refractivity contribution is 8.32. The highest BCUT2D eigenvalue weighted by atomic mass is 32.3. The van der Waals surface area contributed by atoms with E-state index in [1.165, 1.54) is 12.1 Å². The minimum atomic E-state index is -6.88. The average Bonchev–Trinajstić information content (AvgIpc) is 2.51. The first-order chi connectivity index (χ1) is 12.8. The van der Waals surface area contributed by atoms with Gasteiger partial charge in [0.2, 0.25) is 0 Å². The van der Waals surface area contributed by atoms with E-state index in [9.17, 15) is 43.9 Å². The van der Waals surface area contributed by atoms with E-state index in [1.54, 1.807) is 12.1 Å². The Morgan fingerprint density at radius 2 is 1.41 bits per heavy atom. The van der Waals surface area contributed by atoms with Gasteiger partial charge in [-0.25, -0.2) is 3.63 Å². The maximum atomic E-state index is 13.5. The maximum absolute atomic E-state index is 13.5. The van der Waals surface area contributed by atoms with Crippen molar-refractivity contribution in [2.24, 2.45) is 0 Å². The van der Waals surface area contributed by atoms with Crippen molar-refractivity contribution in [3.05, 3.63) is 35.4 Å². The molecule has 1 aromatic rings. The molecule has 13 heteroatoms. The number of carbonyl (C=O) groups excluding carboxylic acids is 1. The predicted molar refractivity (Wildman–Crippen MR) is 95.1 cm³/mol. The molecule has 0 saturated carbocycles. The van der Waals surface area contributed by atoms with Crippen LogP contribution in [0.2, 0.25) is 0 Å². The van der Waals surface area contributed by atoms with Crippen molar-refractivity contribution < 1.29 is 47.6 Å². The Labute approximate surface area is 165 Å². The molecule has 0 saturated heterocycles. The molecule has 1 rings (SSSR count). The van der Waals surface area contributed by atoms with Gasteiger partial charge < -0.3 is 0 Å². The first-order valence-corrected chi connectivity index (χ1v) is 11.8. The van der Waals surface area contributed by atoms with Gasteiger partial charge in [-0.05, 0) is 24.0 Å². The summed E-state index contributed by atoms with van der Waals surface area (Å²) in [7, 11) is -10.0. The average molecular weight is 472 g/mol. The molecule has 0 aliphatic heterocycles. The van der Waals surface area contributed by atoms with Gasteiger partial charge in [0.05, 0.1) is 5.75 Å². The fourth-order valence-corrected chi connectivity index (χ4v) is 5.79. The molecule has 0 unspecified atom stereocenters. The lowest BCUT2D eigenvalue weighted by Gasteiger charge is -2.33. The molecule has 0 aliphatic carbocycles. The number of carbonyl (C=O) groups is 1. The second-order valence-electron chi connectivity index (χ2n) is 6.89. The van der Waals surface area contributed by atoms with Gasteiger partial charge in [0, 0.05) is 5.56 Å². The Morgan fingerprint density at radius 1 is 0.966 bits per heavy atom. The predicted octanol–water partition coefficient (Wildman–Crippen LogP) is 5.11. The fraction of sp³-hybridized carbons (Fsp3) is 0.562. The molecule has 0 amide bonds. The van der Waals surface area contributed by atoms with Crippen molar-refractivity contribution in [1.82, 2.24) is 0 Å². The Kier molecular flexibility index (Phi) is 7.14. The van der Waals surface area contributed by atoms with Crippen LogP contribution in [0.1, 0.15) is 35.7 Å². The second-order valence-corrected chi connectivity index (χ2v) is 12.0. The molecule has 0 spiro atoms. The first-order valence-electron chi connectivity index (χ1n) is 7.87. The van der Waals surface area contributed by atoms with Crippen molar-refractivity contribution in [3.8, 4) is 0 Å². The highest BCUT2D eigenvalue weighted by Crippen LogP contribution is 2.53. The van der Waals surface area contributed by atoms with Gasteiger partial charge in [-0.1, -0.05) is 38.1 Å². The lowest BCUT2D eigenvalue weighted by atomic mass is 10.0. The third-order valence-electron chi connectivity index (χ3n) is 3.69. The molecule has 0 heterocycles. The van der Waals surface area contributed by atoms with Gasteiger partial charge in [0.1, 0.15) is 0 Å². The standard InChI is InChI=1S/C16H19F7O4S2/c1-10(2)11-5-7-12(8-6-11)13(24)9-28(3,4)27-29(25,26)16(22,23)14(17,18)15(19,20)21/h5-8,10H,9H2,1-4H3. The number of rotatable bonds is 8. The van der Waals surface area contributed by atoms with Crippen LogP contribution in [0.15, 0.2) is 24.3 Å². The van der Waals surface area contributed by atoms with Gasteiger partial charge in [-0.15, -0.1) is 10.3 Å². The summed E-state index contributed by atoms with van der Waals surface area (Å²) in [5.41, 5.74) is 0.948. The molecule has 0 aliphatic rings. The van der Waals surface area contributed by atoms with E-state index in [1.807, 2.05) is 13.8 Å². The summed E-state index contributed by atoms with van der Waals surface area (Å²) < 4.78 is 117. The summed E-state index contributed by atoms with van der Waals surface area (Å²) in [5.74, 6) is -8.28. The van der Waals surface area contributed by atoms with E-state index >= 15 is 0 Å². The van der Waals surface area contributed by atoms with Crippen LogP contribution in [-0.4, -0.2) is 49.8 Å². The summed E-state index contributed by atoms with van der Waals surface area (Å²) in [6.45, 7) is 3.78. The van der Waals surface area contributed by atoms with E-state index in [0.717, 1.165) is 18.1 Å². The first kappa shape index (κ1) is 25.7. The summed E-state index contributed by atoms with van der Waals surface area (Å²) in [6, 6.07) is 6.01. The van der Waals surface area contributed by atoms with Gasteiger partial charge in [-0.3, -0.25) is 4.79 Å². The number of hydrogen-bond acceptors (Lipinski definition) is 4. The molecule has 0 aromatic heterocycles. The molecule has 0 atom stereocenters. The summed E-state index contributed by atoms with van der Waals surface area (Å²) in [5, 5.41) is -6.58. The van der Waals surface area contributed by atoms with Gasteiger partial charge >= 0.3 is 27.5 Å². The van der Waals surface area contributed by atoms with E-state index in [2.05, 4.69) is 3.63 Å². The van der Waals surface area contributed by atoms with Crippen molar-refractivity contribution in [1.29, 1.82) is 0 Å². The Morgan fingerprint density at radius 3 is 1.79 bits per heavy atom. The zero-order valence-corrected chi connectivity index (χ0v) is 17.3. The summed E-state index contributed by atoms with van der Waals surface area (Å²) in [4.78, 5) is 12.3. The Balaban J connectivity index is 3.07. The van der Waals surface area contributed by atoms with E-state index in [4.69, 9.17) is 0 Å². The lowest BCUT2D eigenvalue weighted by molar-refractivity contribution is -0.333. The smallest absolute Gasteiger partial charge is 0.293 e. The molecule has 168 valence electrons. The highest BCUT2D eigenvalue weighted by Gasteiger charge is 2.79. The monoisotopic (exact) mass is 472 g/mol. The minimum absolute atomic E-state index is 0.0726. The topological polar surface area (TPSA) is 60.4 Å². The van der Waals surface area contributed by atoms with Crippen LogP contribution in [0, 0.1) is 0 Å². The fourth-order valence-electron chi connectivity index (χ4n) is 2.08. The van der Waals surface area contributed by atoms with E-state index < -0.39 is 49.3 Å². The number of hydrogen-bond donors (Lipinski definition) is 0. The van der Waals surface area contributed by atoms with Gasteiger partial charge in [-0.2, -0.15) is 39.2 Å². The van der Waals surface area contributed by atoms with Crippen molar-refractivity contribution in [3.63, 3.8) is 0 Å². The summed E-state index contributed by atoms with van der Waals surface area (Å²) in [6.07, 6.45) is -5.07. The number of ketones is 1. The van der Waals surface area contributed by atoms with E-state index in [-0.39, 0.29) is 11.5 Å². The quantitative estimate of drug-likeness (QED) is 0.390. The Hall–Kier alpha value is -1.34. The second kappa shape index (κ2) is 8.06. The number of alkyl halides is 7. The minimum Gasteiger partial charge on any atom is -0.293 e. The van der Waals surface area contributed by atoms with Crippen LogP contribution in [-0.2, 0) is 13.7 Å².